The van der Waals surface area contributed by atoms with Gasteiger partial charge in [-0.3, -0.25) is 4.79 Å². The van der Waals surface area contributed by atoms with E-state index in [0.717, 1.165) is 9.87 Å². The molecule has 0 aliphatic rings. The first-order valence-corrected chi connectivity index (χ1v) is 10.7. The number of aryl methyl sites for hydroxylation is 1. The van der Waals surface area contributed by atoms with Crippen molar-refractivity contribution < 1.29 is 17.9 Å². The zero-order valence-corrected chi connectivity index (χ0v) is 18.0. The van der Waals surface area contributed by atoms with Crippen LogP contribution in [0, 0.1) is 6.92 Å². The Kier molecular flexibility index (Phi) is 7.46. The average Bonchev–Trinajstić information content (AvgIpc) is 2.66. The van der Waals surface area contributed by atoms with Crippen molar-refractivity contribution in [2.45, 2.75) is 31.7 Å². The Balaban J connectivity index is 2.12. The SMILES string of the molecule is CCN(CC(=O)N[C@@H](C)c1ccc(Cl)cc1)S(=O)(=O)c1ccc(OC)c(C)c1. The molecule has 0 saturated carbocycles. The fraction of sp³-hybridized carbons (Fsp3) is 0.350. The summed E-state index contributed by atoms with van der Waals surface area (Å²) in [6.45, 7) is 5.22. The highest BCUT2D eigenvalue weighted by Gasteiger charge is 2.26. The van der Waals surface area contributed by atoms with E-state index in [9.17, 15) is 13.2 Å². The van der Waals surface area contributed by atoms with Gasteiger partial charge in [0.05, 0.1) is 24.6 Å². The van der Waals surface area contributed by atoms with Crippen LogP contribution in [-0.4, -0.2) is 38.8 Å². The van der Waals surface area contributed by atoms with Gasteiger partial charge in [0.1, 0.15) is 5.75 Å². The van der Waals surface area contributed by atoms with Crippen LogP contribution in [0.3, 0.4) is 0 Å². The van der Waals surface area contributed by atoms with Crippen molar-refractivity contribution >= 4 is 27.5 Å². The van der Waals surface area contributed by atoms with Gasteiger partial charge in [0.15, 0.2) is 0 Å². The highest BCUT2D eigenvalue weighted by molar-refractivity contribution is 7.89. The number of nitrogens with one attached hydrogen (secondary N) is 1. The lowest BCUT2D eigenvalue weighted by molar-refractivity contribution is -0.121. The zero-order chi connectivity index (χ0) is 20.9. The molecule has 1 N–H and O–H groups in total. The quantitative estimate of drug-likeness (QED) is 0.703. The van der Waals surface area contributed by atoms with E-state index in [2.05, 4.69) is 5.32 Å². The fourth-order valence-electron chi connectivity index (χ4n) is 2.81. The number of sulfonamides is 1. The number of carbonyl (C=O) groups is 1. The van der Waals surface area contributed by atoms with Gasteiger partial charge in [-0.2, -0.15) is 4.31 Å². The number of ether oxygens (including phenoxy) is 1. The standard InChI is InChI=1S/C20H25ClN2O4S/c1-5-23(28(25,26)18-10-11-19(27-4)14(2)12-18)13-20(24)22-15(3)16-6-8-17(21)9-7-16/h6-12,15H,5,13H2,1-4H3,(H,22,24)/t15-/m0/s1. The van der Waals surface area contributed by atoms with Crippen LogP contribution in [0.1, 0.15) is 31.0 Å². The number of halogens is 1. The van der Waals surface area contributed by atoms with Gasteiger partial charge in [-0.1, -0.05) is 30.7 Å². The molecule has 1 amide bonds. The maximum Gasteiger partial charge on any atom is 0.243 e. The minimum absolute atomic E-state index is 0.131. The first-order valence-electron chi connectivity index (χ1n) is 8.88. The Morgan fingerprint density at radius 1 is 1.21 bits per heavy atom. The van der Waals surface area contributed by atoms with Crippen molar-refractivity contribution in [1.82, 2.24) is 9.62 Å². The second-order valence-corrected chi connectivity index (χ2v) is 8.78. The molecule has 2 aromatic carbocycles. The summed E-state index contributed by atoms with van der Waals surface area (Å²) in [5, 5.41) is 3.44. The van der Waals surface area contributed by atoms with Crippen LogP contribution < -0.4 is 10.1 Å². The summed E-state index contributed by atoms with van der Waals surface area (Å²) in [6, 6.07) is 11.5. The predicted molar refractivity (Wildman–Crippen MR) is 110 cm³/mol. The van der Waals surface area contributed by atoms with Crippen LogP contribution >= 0.6 is 11.6 Å². The Hall–Kier alpha value is -2.09. The maximum atomic E-state index is 12.9. The molecule has 0 heterocycles. The lowest BCUT2D eigenvalue weighted by Crippen LogP contribution is -2.41. The number of hydrogen-bond acceptors (Lipinski definition) is 4. The Morgan fingerprint density at radius 3 is 2.39 bits per heavy atom. The van der Waals surface area contributed by atoms with E-state index < -0.39 is 10.0 Å². The molecule has 0 spiro atoms. The molecule has 0 aliphatic heterocycles. The van der Waals surface area contributed by atoms with E-state index in [-0.39, 0.29) is 29.9 Å². The van der Waals surface area contributed by atoms with Crippen molar-refractivity contribution in [2.75, 3.05) is 20.2 Å². The van der Waals surface area contributed by atoms with E-state index >= 15 is 0 Å². The zero-order valence-electron chi connectivity index (χ0n) is 16.4. The van der Waals surface area contributed by atoms with Crippen LogP contribution in [0.5, 0.6) is 5.75 Å². The summed E-state index contributed by atoms with van der Waals surface area (Å²) < 4.78 is 32.2. The monoisotopic (exact) mass is 424 g/mol. The third kappa shape index (κ3) is 5.25. The minimum Gasteiger partial charge on any atom is -0.496 e. The number of benzene rings is 2. The molecule has 0 saturated heterocycles. The summed E-state index contributed by atoms with van der Waals surface area (Å²) in [6.07, 6.45) is 0. The van der Waals surface area contributed by atoms with Crippen LogP contribution in [0.2, 0.25) is 5.02 Å². The van der Waals surface area contributed by atoms with E-state index in [1.807, 2.05) is 19.1 Å². The molecular formula is C20H25ClN2O4S. The van der Waals surface area contributed by atoms with E-state index in [1.54, 1.807) is 38.1 Å². The lowest BCUT2D eigenvalue weighted by atomic mass is 10.1. The largest absolute Gasteiger partial charge is 0.496 e. The first kappa shape index (κ1) is 22.2. The first-order chi connectivity index (χ1) is 13.2. The van der Waals surface area contributed by atoms with E-state index in [0.29, 0.717) is 16.3 Å². The number of carbonyl (C=O) groups excluding carboxylic acids is 1. The Morgan fingerprint density at radius 2 is 1.86 bits per heavy atom. The Labute approximate surface area is 171 Å². The molecule has 0 fully saturated rings. The molecule has 8 heteroatoms. The summed E-state index contributed by atoms with van der Waals surface area (Å²) in [7, 11) is -2.27. The fourth-order valence-corrected chi connectivity index (χ4v) is 4.43. The van der Waals surface area contributed by atoms with Crippen molar-refractivity contribution in [3.05, 3.63) is 58.6 Å². The molecule has 0 unspecified atom stereocenters. The molecule has 1 atom stereocenters. The van der Waals surface area contributed by atoms with Crippen molar-refractivity contribution in [1.29, 1.82) is 0 Å². The highest BCUT2D eigenvalue weighted by atomic mass is 35.5. The summed E-state index contributed by atoms with van der Waals surface area (Å²) >= 11 is 5.88. The second-order valence-electron chi connectivity index (χ2n) is 6.40. The molecule has 0 bridgehead atoms. The molecule has 0 aromatic heterocycles. The van der Waals surface area contributed by atoms with Gasteiger partial charge in [0, 0.05) is 11.6 Å². The molecule has 6 nitrogen and oxygen atoms in total. The molecular weight excluding hydrogens is 400 g/mol. The molecule has 2 rings (SSSR count). The number of nitrogens with zero attached hydrogens (tertiary/aromatic N) is 1. The van der Waals surface area contributed by atoms with Crippen LogP contribution in [0.15, 0.2) is 47.4 Å². The van der Waals surface area contributed by atoms with Crippen LogP contribution in [0.4, 0.5) is 0 Å². The van der Waals surface area contributed by atoms with Crippen LogP contribution in [-0.2, 0) is 14.8 Å². The van der Waals surface area contributed by atoms with Gasteiger partial charge in [-0.05, 0) is 55.3 Å². The number of likely N-dealkylation sites (N-methyl/N-ethyl adjacent to an activating group) is 1. The van der Waals surface area contributed by atoms with Gasteiger partial charge in [0.25, 0.3) is 0 Å². The third-order valence-electron chi connectivity index (χ3n) is 4.42. The number of rotatable bonds is 8. The summed E-state index contributed by atoms with van der Waals surface area (Å²) in [5.74, 6) is 0.231. The average molecular weight is 425 g/mol. The summed E-state index contributed by atoms with van der Waals surface area (Å²) in [4.78, 5) is 12.6. The number of methoxy groups -OCH3 is 1. The predicted octanol–water partition coefficient (Wildman–Crippen LogP) is 3.55. The second kappa shape index (κ2) is 9.41. The third-order valence-corrected chi connectivity index (χ3v) is 6.59. The molecule has 28 heavy (non-hydrogen) atoms. The normalized spacial score (nSPS) is 12.6. The van der Waals surface area contributed by atoms with Crippen molar-refractivity contribution in [3.63, 3.8) is 0 Å². The van der Waals surface area contributed by atoms with E-state index in [1.165, 1.54) is 13.2 Å². The molecule has 152 valence electrons. The molecule has 0 radical (unpaired) electrons. The molecule has 2 aromatic rings. The smallest absolute Gasteiger partial charge is 0.243 e. The molecule has 0 aliphatic carbocycles. The van der Waals surface area contributed by atoms with Gasteiger partial charge in [-0.25, -0.2) is 8.42 Å². The minimum atomic E-state index is -3.80. The lowest BCUT2D eigenvalue weighted by Gasteiger charge is -2.22. The van der Waals surface area contributed by atoms with Gasteiger partial charge >= 0.3 is 0 Å². The van der Waals surface area contributed by atoms with Gasteiger partial charge in [-0.15, -0.1) is 0 Å². The van der Waals surface area contributed by atoms with Gasteiger partial charge in [0.2, 0.25) is 15.9 Å². The van der Waals surface area contributed by atoms with E-state index in [4.69, 9.17) is 16.3 Å². The topological polar surface area (TPSA) is 75.7 Å². The summed E-state index contributed by atoms with van der Waals surface area (Å²) in [5.41, 5.74) is 1.59. The number of amides is 1. The van der Waals surface area contributed by atoms with Crippen molar-refractivity contribution in [2.24, 2.45) is 0 Å². The Bertz CT molecular complexity index is 930. The number of hydrogen-bond donors (Lipinski definition) is 1. The van der Waals surface area contributed by atoms with Gasteiger partial charge < -0.3 is 10.1 Å². The maximum absolute atomic E-state index is 12.9. The highest BCUT2D eigenvalue weighted by Crippen LogP contribution is 2.24. The van der Waals surface area contributed by atoms with Crippen LogP contribution in [0.25, 0.3) is 0 Å². The van der Waals surface area contributed by atoms with Crippen molar-refractivity contribution in [3.8, 4) is 5.75 Å².